The van der Waals surface area contributed by atoms with Gasteiger partial charge in [-0.15, -0.1) is 10.2 Å². The molecule has 0 saturated carbocycles. The second kappa shape index (κ2) is 7.35. The summed E-state index contributed by atoms with van der Waals surface area (Å²) in [5.41, 5.74) is 3.79. The molecule has 0 amide bonds. The molecule has 0 N–H and O–H groups in total. The molecule has 0 saturated heterocycles. The van der Waals surface area contributed by atoms with Crippen molar-refractivity contribution in [2.75, 3.05) is 0 Å². The number of nitrogens with zero attached hydrogens (tertiary/aromatic N) is 6. The summed E-state index contributed by atoms with van der Waals surface area (Å²) < 4.78 is 5.67. The first-order valence-corrected chi connectivity index (χ1v) is 11.2. The van der Waals surface area contributed by atoms with Crippen molar-refractivity contribution in [2.24, 2.45) is 7.05 Å². The number of hydrogen-bond donors (Lipinski definition) is 0. The van der Waals surface area contributed by atoms with Gasteiger partial charge in [-0.1, -0.05) is 54.2 Å². The van der Waals surface area contributed by atoms with Gasteiger partial charge >= 0.3 is 0 Å². The third-order valence-corrected chi connectivity index (χ3v) is 6.50. The molecular weight excluding hydrogens is 420 g/mol. The SMILES string of the molecule is Cn1c(=O)c2ccccc2n2c(CSc3nc4ccccc4n3-c3ccccc3)nnc12. The van der Waals surface area contributed by atoms with Crippen LogP contribution in [0, 0.1) is 0 Å². The van der Waals surface area contributed by atoms with Gasteiger partial charge in [0, 0.05) is 12.7 Å². The summed E-state index contributed by atoms with van der Waals surface area (Å²) in [7, 11) is 1.73. The fourth-order valence-corrected chi connectivity index (χ4v) is 4.98. The Labute approximate surface area is 187 Å². The molecule has 0 atom stereocenters. The fourth-order valence-electron chi connectivity index (χ4n) is 4.04. The van der Waals surface area contributed by atoms with Crippen molar-refractivity contribution in [3.8, 4) is 5.69 Å². The van der Waals surface area contributed by atoms with Crippen LogP contribution in [0.15, 0.2) is 88.8 Å². The lowest BCUT2D eigenvalue weighted by molar-refractivity contribution is 0.857. The molecule has 0 bridgehead atoms. The minimum Gasteiger partial charge on any atom is -0.287 e. The average molecular weight is 439 g/mol. The summed E-state index contributed by atoms with van der Waals surface area (Å²) in [5, 5.41) is 10.2. The third kappa shape index (κ3) is 2.84. The first-order valence-electron chi connectivity index (χ1n) is 10.2. The number of hydrogen-bond acceptors (Lipinski definition) is 5. The summed E-state index contributed by atoms with van der Waals surface area (Å²) in [5.74, 6) is 1.85. The first-order chi connectivity index (χ1) is 15.7. The van der Waals surface area contributed by atoms with Gasteiger partial charge in [0.1, 0.15) is 5.82 Å². The number of rotatable bonds is 4. The first kappa shape index (κ1) is 18.8. The summed E-state index contributed by atoms with van der Waals surface area (Å²) in [4.78, 5) is 17.6. The Hall–Kier alpha value is -3.91. The molecule has 6 aromatic rings. The molecule has 0 aliphatic heterocycles. The number of aryl methyl sites for hydroxylation is 1. The van der Waals surface area contributed by atoms with Crippen LogP contribution in [0.1, 0.15) is 5.82 Å². The highest BCUT2D eigenvalue weighted by Crippen LogP contribution is 2.30. The molecule has 0 spiro atoms. The van der Waals surface area contributed by atoms with Crippen LogP contribution in [0.4, 0.5) is 0 Å². The van der Waals surface area contributed by atoms with Crippen LogP contribution >= 0.6 is 11.8 Å². The summed E-state index contributed by atoms with van der Waals surface area (Å²) in [6.07, 6.45) is 0. The van der Waals surface area contributed by atoms with Crippen molar-refractivity contribution in [3.05, 3.63) is 95.0 Å². The van der Waals surface area contributed by atoms with E-state index >= 15 is 0 Å². The highest BCUT2D eigenvalue weighted by Gasteiger charge is 2.17. The van der Waals surface area contributed by atoms with E-state index in [1.807, 2.05) is 65.1 Å². The maximum Gasteiger partial charge on any atom is 0.262 e. The molecular formula is C24H18N6OS. The number of aromatic nitrogens is 6. The van der Waals surface area contributed by atoms with Crippen LogP contribution in [0.5, 0.6) is 0 Å². The zero-order chi connectivity index (χ0) is 21.7. The van der Waals surface area contributed by atoms with E-state index in [0.717, 1.165) is 33.2 Å². The quantitative estimate of drug-likeness (QED) is 0.386. The van der Waals surface area contributed by atoms with Crippen molar-refractivity contribution in [3.63, 3.8) is 0 Å². The van der Waals surface area contributed by atoms with E-state index in [-0.39, 0.29) is 5.56 Å². The van der Waals surface area contributed by atoms with Crippen molar-refractivity contribution in [1.29, 1.82) is 0 Å². The van der Waals surface area contributed by atoms with E-state index in [2.05, 4.69) is 33.0 Å². The van der Waals surface area contributed by atoms with Crippen molar-refractivity contribution < 1.29 is 0 Å². The largest absolute Gasteiger partial charge is 0.287 e. The molecule has 0 aliphatic carbocycles. The highest BCUT2D eigenvalue weighted by atomic mass is 32.2. The maximum absolute atomic E-state index is 12.7. The second-order valence-electron chi connectivity index (χ2n) is 7.48. The Morgan fingerprint density at radius 1 is 0.844 bits per heavy atom. The van der Waals surface area contributed by atoms with Gasteiger partial charge in [-0.25, -0.2) is 4.98 Å². The summed E-state index contributed by atoms with van der Waals surface area (Å²) in [6.45, 7) is 0. The molecule has 6 rings (SSSR count). The van der Waals surface area contributed by atoms with Crippen LogP contribution in [0.3, 0.4) is 0 Å². The predicted octanol–water partition coefficient (Wildman–Crippen LogP) is 4.21. The molecule has 32 heavy (non-hydrogen) atoms. The fraction of sp³-hybridized carbons (Fsp3) is 0.0833. The predicted molar refractivity (Wildman–Crippen MR) is 126 cm³/mol. The minimum atomic E-state index is -0.0782. The zero-order valence-corrected chi connectivity index (χ0v) is 18.0. The van der Waals surface area contributed by atoms with Gasteiger partial charge in [-0.2, -0.15) is 0 Å². The van der Waals surface area contributed by atoms with Gasteiger partial charge in [0.05, 0.1) is 27.7 Å². The van der Waals surface area contributed by atoms with E-state index in [1.54, 1.807) is 23.4 Å². The number of fused-ring (bicyclic) bond motifs is 4. The molecule has 0 fully saturated rings. The van der Waals surface area contributed by atoms with Gasteiger partial charge in [-0.3, -0.25) is 18.3 Å². The van der Waals surface area contributed by atoms with Gasteiger partial charge in [-0.05, 0) is 36.4 Å². The number of para-hydroxylation sites is 4. The van der Waals surface area contributed by atoms with Crippen molar-refractivity contribution >= 4 is 39.5 Å². The molecule has 0 aliphatic rings. The van der Waals surface area contributed by atoms with Crippen LogP contribution < -0.4 is 5.56 Å². The third-order valence-electron chi connectivity index (χ3n) is 5.57. The van der Waals surface area contributed by atoms with Crippen molar-refractivity contribution in [1.82, 2.24) is 28.7 Å². The minimum absolute atomic E-state index is 0.0782. The van der Waals surface area contributed by atoms with Gasteiger partial charge in [0.2, 0.25) is 5.78 Å². The Kier molecular flexibility index (Phi) is 4.32. The Bertz CT molecular complexity index is 1670. The smallest absolute Gasteiger partial charge is 0.262 e. The van der Waals surface area contributed by atoms with Crippen LogP contribution in [0.25, 0.3) is 33.4 Å². The van der Waals surface area contributed by atoms with Crippen LogP contribution in [-0.4, -0.2) is 28.7 Å². The summed E-state index contributed by atoms with van der Waals surface area (Å²) in [6, 6.07) is 25.9. The molecule has 3 aromatic carbocycles. The van der Waals surface area contributed by atoms with Gasteiger partial charge < -0.3 is 0 Å². The second-order valence-corrected chi connectivity index (χ2v) is 8.42. The maximum atomic E-state index is 12.7. The Morgan fingerprint density at radius 2 is 1.56 bits per heavy atom. The van der Waals surface area contributed by atoms with E-state index in [1.165, 1.54) is 0 Å². The number of thioether (sulfide) groups is 1. The van der Waals surface area contributed by atoms with E-state index < -0.39 is 0 Å². The van der Waals surface area contributed by atoms with Gasteiger partial charge in [0.15, 0.2) is 5.16 Å². The molecule has 0 radical (unpaired) electrons. The van der Waals surface area contributed by atoms with Crippen LogP contribution in [-0.2, 0) is 12.8 Å². The lowest BCUT2D eigenvalue weighted by Crippen LogP contribution is -2.20. The van der Waals surface area contributed by atoms with Crippen molar-refractivity contribution in [2.45, 2.75) is 10.9 Å². The molecule has 8 heteroatoms. The standard InChI is InChI=1S/C24H18N6OS/c1-28-22(31)17-11-5-7-13-19(17)30-21(26-27-23(28)30)15-32-24-25-18-12-6-8-14-20(18)29(24)16-9-3-2-4-10-16/h2-14H,15H2,1H3. The van der Waals surface area contributed by atoms with E-state index in [9.17, 15) is 4.79 Å². The zero-order valence-electron chi connectivity index (χ0n) is 17.2. The monoisotopic (exact) mass is 438 g/mol. The van der Waals surface area contributed by atoms with E-state index in [4.69, 9.17) is 4.98 Å². The van der Waals surface area contributed by atoms with E-state index in [0.29, 0.717) is 16.9 Å². The Balaban J connectivity index is 1.48. The van der Waals surface area contributed by atoms with Gasteiger partial charge in [0.25, 0.3) is 5.56 Å². The average Bonchev–Trinajstić information content (AvgIpc) is 3.43. The summed E-state index contributed by atoms with van der Waals surface area (Å²) >= 11 is 1.60. The normalized spacial score (nSPS) is 11.7. The molecule has 7 nitrogen and oxygen atoms in total. The molecule has 0 unspecified atom stereocenters. The topological polar surface area (TPSA) is 70.0 Å². The number of imidazole rings is 1. The Morgan fingerprint density at radius 3 is 2.41 bits per heavy atom. The van der Waals surface area contributed by atoms with Crippen LogP contribution in [0.2, 0.25) is 0 Å². The highest BCUT2D eigenvalue weighted by molar-refractivity contribution is 7.98. The number of benzene rings is 3. The molecule has 3 aromatic heterocycles. The lowest BCUT2D eigenvalue weighted by Gasteiger charge is -2.09. The molecule has 3 heterocycles. The molecule has 156 valence electrons. The lowest BCUT2D eigenvalue weighted by atomic mass is 10.2.